The summed E-state index contributed by atoms with van der Waals surface area (Å²) in [7, 11) is 0. The van der Waals surface area contributed by atoms with Gasteiger partial charge in [0, 0.05) is 0 Å². The predicted octanol–water partition coefficient (Wildman–Crippen LogP) is 5.20. The number of rotatable bonds is 5. The van der Waals surface area contributed by atoms with E-state index in [4.69, 9.17) is 27.6 Å². The van der Waals surface area contributed by atoms with Crippen LogP contribution in [-0.2, 0) is 12.3 Å². The van der Waals surface area contributed by atoms with Crippen LogP contribution in [0.5, 0.6) is 0 Å². The molecule has 0 radical (unpaired) electrons. The number of hydrogen-bond acceptors (Lipinski definition) is 3. The average molecular weight is 320 g/mol. The van der Waals surface area contributed by atoms with E-state index in [2.05, 4.69) is 5.32 Å². The van der Waals surface area contributed by atoms with Crippen molar-refractivity contribution < 1.29 is 8.81 Å². The van der Waals surface area contributed by atoms with Gasteiger partial charge >= 0.3 is 0 Å². The first-order valence-corrected chi connectivity index (χ1v) is 7.70. The molecule has 19 heavy (non-hydrogen) atoms. The van der Waals surface area contributed by atoms with Crippen LogP contribution < -0.4 is 5.32 Å². The largest absolute Gasteiger partial charge is 0.463 e. The third-order valence-corrected chi connectivity index (χ3v) is 3.62. The summed E-state index contributed by atoms with van der Waals surface area (Å²) in [5.74, 6) is 2.07. The van der Waals surface area contributed by atoms with E-state index in [1.807, 2.05) is 18.4 Å². The smallest absolute Gasteiger partial charge is 0.126 e. The molecule has 0 saturated heterocycles. The molecule has 0 atom stereocenters. The Morgan fingerprint density at radius 1 is 1.21 bits per heavy atom. The van der Waals surface area contributed by atoms with Crippen molar-refractivity contribution in [2.75, 3.05) is 11.6 Å². The molecule has 1 aromatic carbocycles. The summed E-state index contributed by atoms with van der Waals surface area (Å²) in [5, 5.41) is 3.55. The maximum Gasteiger partial charge on any atom is 0.126 e. The molecule has 2 nitrogen and oxygen atoms in total. The van der Waals surface area contributed by atoms with Crippen molar-refractivity contribution in [3.05, 3.63) is 51.6 Å². The summed E-state index contributed by atoms with van der Waals surface area (Å²) in [5.41, 5.74) is 0.507. The van der Waals surface area contributed by atoms with Crippen LogP contribution in [0.25, 0.3) is 0 Å². The monoisotopic (exact) mass is 319 g/mol. The van der Waals surface area contributed by atoms with Crippen molar-refractivity contribution in [2.24, 2.45) is 0 Å². The number of thioether (sulfide) groups is 1. The molecular weight excluding hydrogens is 308 g/mol. The van der Waals surface area contributed by atoms with E-state index in [1.165, 1.54) is 12.1 Å². The molecule has 0 aliphatic heterocycles. The maximum absolute atomic E-state index is 13.0. The molecule has 0 spiro atoms. The molecule has 2 aromatic rings. The quantitative estimate of drug-likeness (QED) is 0.819. The van der Waals surface area contributed by atoms with Crippen molar-refractivity contribution >= 4 is 40.7 Å². The second-order valence-electron chi connectivity index (χ2n) is 3.90. The Morgan fingerprint density at radius 2 is 1.84 bits per heavy atom. The molecule has 102 valence electrons. The van der Waals surface area contributed by atoms with Crippen LogP contribution in [0.3, 0.4) is 0 Å². The Kier molecular flexibility index (Phi) is 5.02. The summed E-state index contributed by atoms with van der Waals surface area (Å²) in [6, 6.07) is 6.26. The normalized spacial score (nSPS) is 10.7. The Balaban J connectivity index is 2.05. The third kappa shape index (κ3) is 3.81. The SMILES string of the molecule is CSCc1ccc(CNc2c(Cl)cc(F)cc2Cl)o1. The second-order valence-corrected chi connectivity index (χ2v) is 5.58. The lowest BCUT2D eigenvalue weighted by Crippen LogP contribution is -2.00. The summed E-state index contributed by atoms with van der Waals surface area (Å²) < 4.78 is 18.6. The molecule has 0 amide bonds. The first-order valence-electron chi connectivity index (χ1n) is 5.55. The molecule has 1 aromatic heterocycles. The van der Waals surface area contributed by atoms with Gasteiger partial charge in [-0.25, -0.2) is 4.39 Å². The van der Waals surface area contributed by atoms with Crippen LogP contribution in [0.2, 0.25) is 10.0 Å². The minimum Gasteiger partial charge on any atom is -0.463 e. The minimum atomic E-state index is -0.458. The van der Waals surface area contributed by atoms with E-state index in [1.54, 1.807) is 11.8 Å². The number of halogens is 3. The zero-order chi connectivity index (χ0) is 13.8. The lowest BCUT2D eigenvalue weighted by molar-refractivity contribution is 0.487. The van der Waals surface area contributed by atoms with Crippen molar-refractivity contribution in [1.82, 2.24) is 0 Å². The van der Waals surface area contributed by atoms with Crippen LogP contribution in [-0.4, -0.2) is 6.26 Å². The molecule has 1 heterocycles. The predicted molar refractivity (Wildman–Crippen MR) is 79.7 cm³/mol. The Labute approximate surface area is 125 Å². The number of furan rings is 1. The molecule has 1 N–H and O–H groups in total. The fourth-order valence-corrected chi connectivity index (χ4v) is 2.66. The van der Waals surface area contributed by atoms with Gasteiger partial charge in [0.25, 0.3) is 0 Å². The van der Waals surface area contributed by atoms with Gasteiger partial charge in [-0.2, -0.15) is 11.8 Å². The zero-order valence-electron chi connectivity index (χ0n) is 10.2. The topological polar surface area (TPSA) is 25.2 Å². The standard InChI is InChI=1S/C13H12Cl2FNOS/c1-19-7-10-3-2-9(18-10)6-17-13-11(14)4-8(16)5-12(13)15/h2-5,17H,6-7H2,1H3. The van der Waals surface area contributed by atoms with Crippen LogP contribution in [0.15, 0.2) is 28.7 Å². The van der Waals surface area contributed by atoms with Gasteiger partial charge in [-0.05, 0) is 30.5 Å². The highest BCUT2D eigenvalue weighted by molar-refractivity contribution is 7.97. The fourth-order valence-electron chi connectivity index (χ4n) is 1.62. The Bertz CT molecular complexity index is 551. The third-order valence-electron chi connectivity index (χ3n) is 2.45. The molecule has 0 saturated carbocycles. The first kappa shape index (κ1) is 14.6. The summed E-state index contributed by atoms with van der Waals surface area (Å²) in [4.78, 5) is 0. The highest BCUT2D eigenvalue weighted by atomic mass is 35.5. The maximum atomic E-state index is 13.0. The molecule has 0 unspecified atom stereocenters. The Hall–Kier alpha value is -0.840. The number of anilines is 1. The van der Waals surface area contributed by atoms with Crippen LogP contribution >= 0.6 is 35.0 Å². The van der Waals surface area contributed by atoms with Gasteiger partial charge in [-0.1, -0.05) is 23.2 Å². The average Bonchev–Trinajstić information content (AvgIpc) is 2.76. The van der Waals surface area contributed by atoms with Gasteiger partial charge in [0.15, 0.2) is 0 Å². The van der Waals surface area contributed by atoms with Gasteiger partial charge in [0.1, 0.15) is 17.3 Å². The van der Waals surface area contributed by atoms with Crippen LogP contribution in [0.1, 0.15) is 11.5 Å². The highest BCUT2D eigenvalue weighted by Gasteiger charge is 2.09. The van der Waals surface area contributed by atoms with Gasteiger partial charge in [-0.15, -0.1) is 0 Å². The molecular formula is C13H12Cl2FNOS. The van der Waals surface area contributed by atoms with Gasteiger partial charge in [-0.3, -0.25) is 0 Å². The molecule has 2 rings (SSSR count). The van der Waals surface area contributed by atoms with E-state index in [0.717, 1.165) is 17.3 Å². The highest BCUT2D eigenvalue weighted by Crippen LogP contribution is 2.31. The number of hydrogen-bond donors (Lipinski definition) is 1. The molecule has 0 aliphatic carbocycles. The summed E-state index contributed by atoms with van der Waals surface area (Å²) in [6.45, 7) is 0.444. The first-order chi connectivity index (χ1) is 9.10. The van der Waals surface area contributed by atoms with E-state index in [-0.39, 0.29) is 10.0 Å². The Morgan fingerprint density at radius 3 is 2.47 bits per heavy atom. The van der Waals surface area contributed by atoms with Crippen molar-refractivity contribution in [1.29, 1.82) is 0 Å². The van der Waals surface area contributed by atoms with Crippen molar-refractivity contribution in [3.63, 3.8) is 0 Å². The minimum absolute atomic E-state index is 0.251. The zero-order valence-corrected chi connectivity index (χ0v) is 12.5. The molecule has 0 fully saturated rings. The molecule has 6 heteroatoms. The number of nitrogens with one attached hydrogen (secondary N) is 1. The summed E-state index contributed by atoms with van der Waals surface area (Å²) in [6.07, 6.45) is 2.01. The molecule has 0 aliphatic rings. The lowest BCUT2D eigenvalue weighted by atomic mass is 10.3. The van der Waals surface area contributed by atoms with E-state index >= 15 is 0 Å². The molecule has 0 bridgehead atoms. The second kappa shape index (κ2) is 6.55. The lowest BCUT2D eigenvalue weighted by Gasteiger charge is -2.09. The van der Waals surface area contributed by atoms with E-state index < -0.39 is 5.82 Å². The summed E-state index contributed by atoms with van der Waals surface area (Å²) >= 11 is 13.6. The van der Waals surface area contributed by atoms with Gasteiger partial charge < -0.3 is 9.73 Å². The van der Waals surface area contributed by atoms with E-state index in [0.29, 0.717) is 12.2 Å². The van der Waals surface area contributed by atoms with E-state index in [9.17, 15) is 4.39 Å². The van der Waals surface area contributed by atoms with Crippen LogP contribution in [0.4, 0.5) is 10.1 Å². The fraction of sp³-hybridized carbons (Fsp3) is 0.231. The van der Waals surface area contributed by atoms with Crippen molar-refractivity contribution in [3.8, 4) is 0 Å². The van der Waals surface area contributed by atoms with Gasteiger partial charge in [0.05, 0.1) is 28.0 Å². The number of benzene rings is 1. The van der Waals surface area contributed by atoms with Gasteiger partial charge in [0.2, 0.25) is 0 Å². The van der Waals surface area contributed by atoms with Crippen LogP contribution in [0, 0.1) is 5.82 Å². The van der Waals surface area contributed by atoms with Crippen molar-refractivity contribution in [2.45, 2.75) is 12.3 Å².